The maximum Gasteiger partial charge on any atom is 0.261 e. The lowest BCUT2D eigenvalue weighted by Crippen LogP contribution is -2.12. The molecule has 0 bridgehead atoms. The number of nitrogens with one attached hydrogen (secondary N) is 1. The summed E-state index contributed by atoms with van der Waals surface area (Å²) in [6.45, 7) is 3.94. The van der Waals surface area contributed by atoms with E-state index in [1.807, 2.05) is 54.9 Å². The summed E-state index contributed by atoms with van der Waals surface area (Å²) in [7, 11) is -3.60. The number of aryl methyl sites for hydroxylation is 2. The lowest BCUT2D eigenvalue weighted by Gasteiger charge is -2.08. The Hall–Kier alpha value is -3.12. The first-order valence-corrected chi connectivity index (χ1v) is 10.0. The third kappa shape index (κ3) is 3.44. The van der Waals surface area contributed by atoms with Gasteiger partial charge in [-0.05, 0) is 49.7 Å². The van der Waals surface area contributed by atoms with Gasteiger partial charge in [0, 0.05) is 23.6 Å². The van der Waals surface area contributed by atoms with Crippen LogP contribution in [0.2, 0.25) is 0 Å². The number of hydrogen-bond donors (Lipinski definition) is 1. The standard InChI is InChI=1S/C21H19N3O2S/c1-15-5-11-19(12-6-15)27(25,26)23-18-9-7-17(8-10-18)20-14-24-13-3-4-16(2)21(24)22-20/h3-14,23H,1-2H3. The van der Waals surface area contributed by atoms with Gasteiger partial charge in [0.15, 0.2) is 0 Å². The molecule has 2 aromatic heterocycles. The molecule has 0 saturated heterocycles. The quantitative estimate of drug-likeness (QED) is 0.573. The molecule has 0 aliphatic rings. The Morgan fingerprint density at radius 1 is 0.926 bits per heavy atom. The average Bonchev–Trinajstić information content (AvgIpc) is 3.08. The molecule has 0 saturated carbocycles. The van der Waals surface area contributed by atoms with Crippen LogP contribution >= 0.6 is 0 Å². The molecular weight excluding hydrogens is 358 g/mol. The van der Waals surface area contributed by atoms with Gasteiger partial charge in [0.05, 0.1) is 10.6 Å². The summed E-state index contributed by atoms with van der Waals surface area (Å²) in [5.74, 6) is 0. The second-order valence-electron chi connectivity index (χ2n) is 6.54. The van der Waals surface area contributed by atoms with Crippen LogP contribution in [0.4, 0.5) is 5.69 Å². The maximum atomic E-state index is 12.5. The first-order chi connectivity index (χ1) is 12.9. The van der Waals surface area contributed by atoms with E-state index in [4.69, 9.17) is 0 Å². The molecule has 0 fully saturated rings. The number of nitrogens with zero attached hydrogens (tertiary/aromatic N) is 2. The van der Waals surface area contributed by atoms with Crippen LogP contribution in [0, 0.1) is 13.8 Å². The molecule has 2 aromatic carbocycles. The molecule has 0 spiro atoms. The van der Waals surface area contributed by atoms with E-state index < -0.39 is 10.0 Å². The highest BCUT2D eigenvalue weighted by Gasteiger charge is 2.14. The summed E-state index contributed by atoms with van der Waals surface area (Å²) in [5, 5.41) is 0. The smallest absolute Gasteiger partial charge is 0.261 e. The molecule has 6 heteroatoms. The second kappa shape index (κ2) is 6.55. The number of hydrogen-bond acceptors (Lipinski definition) is 3. The summed E-state index contributed by atoms with van der Waals surface area (Å²) in [6.07, 6.45) is 3.93. The summed E-state index contributed by atoms with van der Waals surface area (Å²) in [6, 6.07) is 18.0. The number of aromatic nitrogens is 2. The third-order valence-corrected chi connectivity index (χ3v) is 5.84. The Labute approximate surface area is 158 Å². The van der Waals surface area contributed by atoms with Crippen molar-refractivity contribution in [3.63, 3.8) is 0 Å². The van der Waals surface area contributed by atoms with Crippen LogP contribution in [-0.4, -0.2) is 17.8 Å². The van der Waals surface area contributed by atoms with E-state index in [0.717, 1.165) is 28.0 Å². The van der Waals surface area contributed by atoms with Gasteiger partial charge in [-0.3, -0.25) is 4.72 Å². The molecule has 136 valence electrons. The molecule has 0 atom stereocenters. The largest absolute Gasteiger partial charge is 0.306 e. The zero-order valence-electron chi connectivity index (χ0n) is 15.0. The van der Waals surface area contributed by atoms with Crippen molar-refractivity contribution < 1.29 is 8.42 Å². The van der Waals surface area contributed by atoms with Gasteiger partial charge in [-0.2, -0.15) is 0 Å². The van der Waals surface area contributed by atoms with E-state index in [0.29, 0.717) is 5.69 Å². The van der Waals surface area contributed by atoms with Gasteiger partial charge in [0.2, 0.25) is 0 Å². The van der Waals surface area contributed by atoms with Crippen LogP contribution in [0.5, 0.6) is 0 Å². The topological polar surface area (TPSA) is 63.5 Å². The van der Waals surface area contributed by atoms with E-state index in [2.05, 4.69) is 9.71 Å². The molecule has 4 aromatic rings. The van der Waals surface area contributed by atoms with Crippen LogP contribution in [0.3, 0.4) is 0 Å². The van der Waals surface area contributed by atoms with Gasteiger partial charge in [-0.15, -0.1) is 0 Å². The van der Waals surface area contributed by atoms with E-state index in [9.17, 15) is 8.42 Å². The van der Waals surface area contributed by atoms with E-state index in [1.54, 1.807) is 36.4 Å². The molecule has 0 unspecified atom stereocenters. The Bertz CT molecular complexity index is 1210. The van der Waals surface area contributed by atoms with Crippen molar-refractivity contribution in [3.8, 4) is 11.3 Å². The van der Waals surface area contributed by atoms with Gasteiger partial charge in [-0.1, -0.05) is 35.9 Å². The fourth-order valence-corrected chi connectivity index (χ4v) is 3.99. The highest BCUT2D eigenvalue weighted by atomic mass is 32.2. The summed E-state index contributed by atoms with van der Waals surface area (Å²) in [5.41, 5.74) is 5.32. The Morgan fingerprint density at radius 3 is 2.30 bits per heavy atom. The molecule has 1 N–H and O–H groups in total. The minimum absolute atomic E-state index is 0.244. The Morgan fingerprint density at radius 2 is 1.63 bits per heavy atom. The zero-order valence-corrected chi connectivity index (χ0v) is 15.9. The minimum atomic E-state index is -3.60. The molecule has 5 nitrogen and oxygen atoms in total. The summed E-state index contributed by atoms with van der Waals surface area (Å²) in [4.78, 5) is 4.91. The minimum Gasteiger partial charge on any atom is -0.306 e. The van der Waals surface area contributed by atoms with Crippen LogP contribution in [0.1, 0.15) is 11.1 Å². The van der Waals surface area contributed by atoms with E-state index in [1.165, 1.54) is 0 Å². The van der Waals surface area contributed by atoms with Crippen LogP contribution in [0.25, 0.3) is 16.9 Å². The zero-order chi connectivity index (χ0) is 19.0. The SMILES string of the molecule is Cc1ccc(S(=O)(=O)Nc2ccc(-c3cn4cccc(C)c4n3)cc2)cc1. The van der Waals surface area contributed by atoms with E-state index >= 15 is 0 Å². The summed E-state index contributed by atoms with van der Waals surface area (Å²) >= 11 is 0. The predicted octanol–water partition coefficient (Wildman–Crippen LogP) is 4.42. The Balaban J connectivity index is 1.60. The van der Waals surface area contributed by atoms with Crippen molar-refractivity contribution in [1.29, 1.82) is 0 Å². The summed E-state index contributed by atoms with van der Waals surface area (Å²) < 4.78 is 29.6. The van der Waals surface area contributed by atoms with Gasteiger partial charge < -0.3 is 4.40 Å². The second-order valence-corrected chi connectivity index (χ2v) is 8.23. The van der Waals surface area contributed by atoms with Gasteiger partial charge >= 0.3 is 0 Å². The molecule has 2 heterocycles. The lowest BCUT2D eigenvalue weighted by molar-refractivity contribution is 0.601. The predicted molar refractivity (Wildman–Crippen MR) is 107 cm³/mol. The average molecular weight is 377 g/mol. The number of benzene rings is 2. The number of rotatable bonds is 4. The highest BCUT2D eigenvalue weighted by Crippen LogP contribution is 2.24. The number of sulfonamides is 1. The van der Waals surface area contributed by atoms with Gasteiger partial charge in [-0.25, -0.2) is 13.4 Å². The molecule has 27 heavy (non-hydrogen) atoms. The molecule has 0 amide bonds. The first-order valence-electron chi connectivity index (χ1n) is 8.57. The van der Waals surface area contributed by atoms with Crippen LogP contribution in [0.15, 0.2) is 78.0 Å². The lowest BCUT2D eigenvalue weighted by atomic mass is 10.1. The van der Waals surface area contributed by atoms with Crippen LogP contribution in [-0.2, 0) is 10.0 Å². The third-order valence-electron chi connectivity index (χ3n) is 4.44. The van der Waals surface area contributed by atoms with Crippen molar-refractivity contribution in [3.05, 3.63) is 84.2 Å². The maximum absolute atomic E-state index is 12.5. The van der Waals surface area contributed by atoms with Crippen molar-refractivity contribution in [2.24, 2.45) is 0 Å². The number of anilines is 1. The number of fused-ring (bicyclic) bond motifs is 1. The van der Waals surface area contributed by atoms with Crippen molar-refractivity contribution >= 4 is 21.4 Å². The van der Waals surface area contributed by atoms with Crippen LogP contribution < -0.4 is 4.72 Å². The molecule has 0 radical (unpaired) electrons. The number of pyridine rings is 1. The van der Waals surface area contributed by atoms with Crippen molar-refractivity contribution in [2.45, 2.75) is 18.7 Å². The number of imidazole rings is 1. The first kappa shape index (κ1) is 17.3. The van der Waals surface area contributed by atoms with Gasteiger partial charge in [0.25, 0.3) is 10.0 Å². The fourth-order valence-electron chi connectivity index (χ4n) is 2.93. The van der Waals surface area contributed by atoms with E-state index in [-0.39, 0.29) is 4.90 Å². The van der Waals surface area contributed by atoms with Crippen molar-refractivity contribution in [1.82, 2.24) is 9.38 Å². The van der Waals surface area contributed by atoms with Gasteiger partial charge in [0.1, 0.15) is 5.65 Å². The van der Waals surface area contributed by atoms with Crippen molar-refractivity contribution in [2.75, 3.05) is 4.72 Å². The normalized spacial score (nSPS) is 11.6. The Kier molecular flexibility index (Phi) is 4.20. The molecule has 0 aliphatic carbocycles. The molecular formula is C21H19N3O2S. The molecule has 4 rings (SSSR count). The monoisotopic (exact) mass is 377 g/mol. The fraction of sp³-hybridized carbons (Fsp3) is 0.0952. The molecule has 0 aliphatic heterocycles. The highest BCUT2D eigenvalue weighted by molar-refractivity contribution is 7.92.